The van der Waals surface area contributed by atoms with Crippen LogP contribution >= 0.6 is 15.9 Å². The number of piperazine rings is 1. The predicted molar refractivity (Wildman–Crippen MR) is 86.0 cm³/mol. The summed E-state index contributed by atoms with van der Waals surface area (Å²) in [7, 11) is 0. The Morgan fingerprint density at radius 1 is 1.08 bits per heavy atom. The van der Waals surface area contributed by atoms with E-state index in [9.17, 15) is 18.0 Å². The summed E-state index contributed by atoms with van der Waals surface area (Å²) in [6, 6.07) is 8.48. The molecule has 1 saturated heterocycles. The van der Waals surface area contributed by atoms with Gasteiger partial charge in [0.1, 0.15) is 0 Å². The number of amides is 1. The average Bonchev–Trinajstić information content (AvgIpc) is 3.00. The molecule has 24 heavy (non-hydrogen) atoms. The number of alkyl halides is 3. The van der Waals surface area contributed by atoms with E-state index in [2.05, 4.69) is 15.9 Å². The summed E-state index contributed by atoms with van der Waals surface area (Å²) in [4.78, 5) is 15.8. The third-order valence-electron chi connectivity index (χ3n) is 3.89. The summed E-state index contributed by atoms with van der Waals surface area (Å²) in [5.41, 5.74) is -0.156. The van der Waals surface area contributed by atoms with E-state index in [0.717, 1.165) is 12.1 Å². The molecular weight excluding hydrogens is 389 g/mol. The number of furan rings is 1. The van der Waals surface area contributed by atoms with Gasteiger partial charge in [-0.05, 0) is 46.3 Å². The van der Waals surface area contributed by atoms with Crippen LogP contribution in [0.2, 0.25) is 0 Å². The highest BCUT2D eigenvalue weighted by atomic mass is 79.9. The van der Waals surface area contributed by atoms with E-state index in [4.69, 9.17) is 4.42 Å². The molecule has 4 nitrogen and oxygen atoms in total. The molecule has 1 aliphatic rings. The Labute approximate surface area is 145 Å². The molecule has 1 aromatic heterocycles. The fourth-order valence-electron chi connectivity index (χ4n) is 2.63. The van der Waals surface area contributed by atoms with Crippen molar-refractivity contribution in [2.24, 2.45) is 0 Å². The highest BCUT2D eigenvalue weighted by Crippen LogP contribution is 2.32. The summed E-state index contributed by atoms with van der Waals surface area (Å²) in [6.45, 7) is 1.78. The third-order valence-corrected chi connectivity index (χ3v) is 4.32. The fourth-order valence-corrected chi connectivity index (χ4v) is 2.94. The van der Waals surface area contributed by atoms with Crippen LogP contribution in [0.4, 0.5) is 18.9 Å². The maximum atomic E-state index is 12.8. The Morgan fingerprint density at radius 2 is 1.79 bits per heavy atom. The summed E-state index contributed by atoms with van der Waals surface area (Å²) in [5, 5.41) is 0. The molecule has 0 atom stereocenters. The lowest BCUT2D eigenvalue weighted by Crippen LogP contribution is -2.48. The van der Waals surface area contributed by atoms with Gasteiger partial charge in [-0.2, -0.15) is 13.2 Å². The van der Waals surface area contributed by atoms with E-state index in [-0.39, 0.29) is 11.7 Å². The summed E-state index contributed by atoms with van der Waals surface area (Å²) < 4.78 is 44.2. The number of halogens is 4. The smallest absolute Gasteiger partial charge is 0.416 e. The zero-order valence-corrected chi connectivity index (χ0v) is 14.1. The average molecular weight is 403 g/mol. The molecule has 1 aromatic carbocycles. The second-order valence-electron chi connectivity index (χ2n) is 5.43. The molecule has 0 spiro atoms. The van der Waals surface area contributed by atoms with Gasteiger partial charge in [0, 0.05) is 31.9 Å². The number of hydrogen-bond donors (Lipinski definition) is 0. The van der Waals surface area contributed by atoms with Gasteiger partial charge < -0.3 is 14.2 Å². The number of anilines is 1. The maximum absolute atomic E-state index is 12.8. The lowest BCUT2D eigenvalue weighted by molar-refractivity contribution is -0.137. The van der Waals surface area contributed by atoms with Crippen molar-refractivity contribution < 1.29 is 22.4 Å². The van der Waals surface area contributed by atoms with Crippen molar-refractivity contribution >= 4 is 27.5 Å². The molecule has 0 saturated carbocycles. The normalized spacial score (nSPS) is 15.7. The molecule has 0 aliphatic carbocycles. The molecule has 1 fully saturated rings. The molecule has 0 radical (unpaired) electrons. The van der Waals surface area contributed by atoms with Crippen molar-refractivity contribution in [3.63, 3.8) is 0 Å². The molecule has 2 aromatic rings. The fraction of sp³-hybridized carbons (Fsp3) is 0.312. The van der Waals surface area contributed by atoms with Crippen LogP contribution in [-0.2, 0) is 6.18 Å². The Bertz CT molecular complexity index is 737. The zero-order valence-electron chi connectivity index (χ0n) is 12.5. The largest absolute Gasteiger partial charge is 0.444 e. The molecule has 0 unspecified atom stereocenters. The molecule has 3 rings (SSSR count). The van der Waals surface area contributed by atoms with E-state index in [1.54, 1.807) is 23.1 Å². The van der Waals surface area contributed by atoms with Gasteiger partial charge in [0.05, 0.1) is 5.56 Å². The summed E-state index contributed by atoms with van der Waals surface area (Å²) in [5.74, 6) is 0.0267. The van der Waals surface area contributed by atoms with Crippen molar-refractivity contribution in [1.29, 1.82) is 0 Å². The number of rotatable bonds is 2. The minimum absolute atomic E-state index is 0.218. The van der Waals surface area contributed by atoms with E-state index >= 15 is 0 Å². The Kier molecular flexibility index (Phi) is 4.58. The number of carbonyl (C=O) groups is 1. The van der Waals surface area contributed by atoms with E-state index in [0.29, 0.717) is 36.5 Å². The minimum Gasteiger partial charge on any atom is -0.444 e. The van der Waals surface area contributed by atoms with Crippen LogP contribution in [0.5, 0.6) is 0 Å². The predicted octanol–water partition coefficient (Wildman–Crippen LogP) is 4.02. The highest BCUT2D eigenvalue weighted by Gasteiger charge is 2.31. The second-order valence-corrected chi connectivity index (χ2v) is 6.21. The number of hydrogen-bond acceptors (Lipinski definition) is 3. The second kappa shape index (κ2) is 6.51. The minimum atomic E-state index is -4.36. The van der Waals surface area contributed by atoms with Gasteiger partial charge in [-0.15, -0.1) is 0 Å². The lowest BCUT2D eigenvalue weighted by atomic mass is 10.1. The van der Waals surface area contributed by atoms with Crippen LogP contribution in [-0.4, -0.2) is 37.0 Å². The molecule has 2 heterocycles. The van der Waals surface area contributed by atoms with E-state index < -0.39 is 11.7 Å². The number of benzene rings is 1. The van der Waals surface area contributed by atoms with Gasteiger partial charge >= 0.3 is 6.18 Å². The van der Waals surface area contributed by atoms with Gasteiger partial charge in [0.25, 0.3) is 5.91 Å². The molecule has 8 heteroatoms. The Morgan fingerprint density at radius 3 is 2.38 bits per heavy atom. The van der Waals surface area contributed by atoms with Gasteiger partial charge in [0.15, 0.2) is 10.4 Å². The lowest BCUT2D eigenvalue weighted by Gasteiger charge is -2.36. The van der Waals surface area contributed by atoms with Crippen LogP contribution in [0.25, 0.3) is 0 Å². The first-order valence-corrected chi connectivity index (χ1v) is 8.11. The first-order valence-electron chi connectivity index (χ1n) is 7.31. The van der Waals surface area contributed by atoms with Crippen molar-refractivity contribution in [3.8, 4) is 0 Å². The molecule has 0 N–H and O–H groups in total. The maximum Gasteiger partial charge on any atom is 0.416 e. The number of carbonyl (C=O) groups excluding carboxylic acids is 1. The molecule has 1 aliphatic heterocycles. The third kappa shape index (κ3) is 3.58. The SMILES string of the molecule is O=C(c1ccc(Br)o1)N1CCN(c2cccc(C(F)(F)F)c2)CC1. The molecule has 0 bridgehead atoms. The summed E-state index contributed by atoms with van der Waals surface area (Å²) in [6.07, 6.45) is -4.36. The number of nitrogens with zero attached hydrogens (tertiary/aromatic N) is 2. The van der Waals surface area contributed by atoms with Gasteiger partial charge in [-0.1, -0.05) is 6.07 Å². The first-order chi connectivity index (χ1) is 11.3. The zero-order chi connectivity index (χ0) is 17.3. The van der Waals surface area contributed by atoms with Crippen molar-refractivity contribution in [1.82, 2.24) is 4.90 Å². The molecule has 128 valence electrons. The van der Waals surface area contributed by atoms with Crippen LogP contribution in [0.15, 0.2) is 45.5 Å². The highest BCUT2D eigenvalue weighted by molar-refractivity contribution is 9.10. The van der Waals surface area contributed by atoms with Gasteiger partial charge in [0.2, 0.25) is 0 Å². The standard InChI is InChI=1S/C16H14BrF3N2O2/c17-14-5-4-13(24-14)15(23)22-8-6-21(7-9-22)12-3-1-2-11(10-12)16(18,19)20/h1-5,10H,6-9H2. The van der Waals surface area contributed by atoms with E-state index in [1.807, 2.05) is 4.90 Å². The first kappa shape index (κ1) is 16.9. The summed E-state index contributed by atoms with van der Waals surface area (Å²) >= 11 is 3.15. The quantitative estimate of drug-likeness (QED) is 0.760. The van der Waals surface area contributed by atoms with Crippen LogP contribution in [0.3, 0.4) is 0 Å². The van der Waals surface area contributed by atoms with Gasteiger partial charge in [-0.25, -0.2) is 0 Å². The topological polar surface area (TPSA) is 36.7 Å². The van der Waals surface area contributed by atoms with Crippen molar-refractivity contribution in [2.75, 3.05) is 31.1 Å². The van der Waals surface area contributed by atoms with Crippen molar-refractivity contribution in [2.45, 2.75) is 6.18 Å². The monoisotopic (exact) mass is 402 g/mol. The molecular formula is C16H14BrF3N2O2. The van der Waals surface area contributed by atoms with Crippen LogP contribution in [0.1, 0.15) is 16.1 Å². The Balaban J connectivity index is 1.66. The van der Waals surface area contributed by atoms with Crippen molar-refractivity contribution in [3.05, 3.63) is 52.4 Å². The van der Waals surface area contributed by atoms with E-state index in [1.165, 1.54) is 6.07 Å². The molecule has 1 amide bonds. The Hall–Kier alpha value is -1.96. The van der Waals surface area contributed by atoms with Crippen LogP contribution < -0.4 is 4.90 Å². The van der Waals surface area contributed by atoms with Gasteiger partial charge in [-0.3, -0.25) is 4.79 Å². The van der Waals surface area contributed by atoms with Crippen LogP contribution in [0, 0.1) is 0 Å².